The van der Waals surface area contributed by atoms with Gasteiger partial charge in [0.2, 0.25) is 0 Å². The molecule has 0 radical (unpaired) electrons. The van der Waals surface area contributed by atoms with E-state index in [-0.39, 0.29) is 11.7 Å². The maximum absolute atomic E-state index is 12.1. The van der Waals surface area contributed by atoms with Crippen LogP contribution in [-0.4, -0.2) is 24.0 Å². The molecule has 0 saturated carbocycles. The van der Waals surface area contributed by atoms with Gasteiger partial charge in [0.15, 0.2) is 5.78 Å². The second-order valence-corrected chi connectivity index (χ2v) is 4.61. The predicted molar refractivity (Wildman–Crippen MR) is 62.1 cm³/mol. The fourth-order valence-corrected chi connectivity index (χ4v) is 2.21. The van der Waals surface area contributed by atoms with Crippen LogP contribution in [0.3, 0.4) is 0 Å². The average Bonchev–Trinajstić information content (AvgIpc) is 2.29. The van der Waals surface area contributed by atoms with Crippen LogP contribution in [0.5, 0.6) is 0 Å². The zero-order valence-corrected chi connectivity index (χ0v) is 10.1. The van der Waals surface area contributed by atoms with Crippen molar-refractivity contribution in [2.24, 2.45) is 5.92 Å². The Hall–Kier alpha value is -0.640. The molecule has 0 bridgehead atoms. The second-order valence-electron chi connectivity index (χ2n) is 3.76. The van der Waals surface area contributed by atoms with Gasteiger partial charge in [0.1, 0.15) is 5.69 Å². The number of halogens is 2. The Morgan fingerprint density at radius 3 is 2.94 bits per heavy atom. The van der Waals surface area contributed by atoms with Gasteiger partial charge in [-0.15, -0.1) is 0 Å². The van der Waals surface area contributed by atoms with E-state index in [2.05, 4.69) is 4.98 Å². The van der Waals surface area contributed by atoms with E-state index in [4.69, 9.17) is 27.9 Å². The van der Waals surface area contributed by atoms with Crippen LogP contribution >= 0.6 is 23.2 Å². The third kappa shape index (κ3) is 2.54. The van der Waals surface area contributed by atoms with Crippen LogP contribution < -0.4 is 0 Å². The number of hydrogen-bond donors (Lipinski definition) is 0. The number of pyridine rings is 1. The first-order valence-electron chi connectivity index (χ1n) is 5.11. The van der Waals surface area contributed by atoms with Crippen LogP contribution in [0.15, 0.2) is 12.3 Å². The second kappa shape index (κ2) is 5.13. The van der Waals surface area contributed by atoms with E-state index in [0.29, 0.717) is 22.3 Å². The number of hydrogen-bond acceptors (Lipinski definition) is 3. The summed E-state index contributed by atoms with van der Waals surface area (Å²) in [7, 11) is 0. The summed E-state index contributed by atoms with van der Waals surface area (Å²) in [5, 5.41) is 0.740. The summed E-state index contributed by atoms with van der Waals surface area (Å²) in [6, 6.07) is 1.53. The lowest BCUT2D eigenvalue weighted by atomic mass is 9.95. The quantitative estimate of drug-likeness (QED) is 0.767. The third-order valence-corrected chi connectivity index (χ3v) is 3.07. The standard InChI is InChI=1S/C11H11Cl2NO2/c12-8-4-9(13)10(14-5-8)11(15)7-2-1-3-16-6-7/h4-5,7H,1-3,6H2. The molecule has 86 valence electrons. The van der Waals surface area contributed by atoms with Crippen LogP contribution in [-0.2, 0) is 4.74 Å². The molecule has 1 fully saturated rings. The SMILES string of the molecule is O=C(c1ncc(Cl)cc1Cl)C1CCCOC1. The highest BCUT2D eigenvalue weighted by molar-refractivity contribution is 6.36. The van der Waals surface area contributed by atoms with Crippen molar-refractivity contribution >= 4 is 29.0 Å². The molecule has 2 rings (SSSR count). The lowest BCUT2D eigenvalue weighted by molar-refractivity contribution is 0.0458. The van der Waals surface area contributed by atoms with Crippen molar-refractivity contribution in [1.29, 1.82) is 0 Å². The van der Waals surface area contributed by atoms with Crippen molar-refractivity contribution in [3.8, 4) is 0 Å². The molecule has 1 saturated heterocycles. The van der Waals surface area contributed by atoms with E-state index >= 15 is 0 Å². The summed E-state index contributed by atoms with van der Waals surface area (Å²) in [5.74, 6) is -0.179. The van der Waals surface area contributed by atoms with E-state index < -0.39 is 0 Å². The van der Waals surface area contributed by atoms with Crippen LogP contribution in [0.1, 0.15) is 23.3 Å². The summed E-state index contributed by atoms with van der Waals surface area (Å²) in [6.45, 7) is 1.19. The summed E-state index contributed by atoms with van der Waals surface area (Å²) < 4.78 is 5.27. The molecule has 16 heavy (non-hydrogen) atoms. The fraction of sp³-hybridized carbons (Fsp3) is 0.455. The summed E-state index contributed by atoms with van der Waals surface area (Å²) in [4.78, 5) is 16.0. The van der Waals surface area contributed by atoms with Gasteiger partial charge in [-0.2, -0.15) is 0 Å². The van der Waals surface area contributed by atoms with E-state index in [0.717, 1.165) is 19.4 Å². The highest BCUT2D eigenvalue weighted by atomic mass is 35.5. The number of carbonyl (C=O) groups is 1. The molecule has 5 heteroatoms. The van der Waals surface area contributed by atoms with Gasteiger partial charge in [-0.25, -0.2) is 4.98 Å². The van der Waals surface area contributed by atoms with Gasteiger partial charge in [0.05, 0.1) is 16.7 Å². The Morgan fingerprint density at radius 2 is 2.31 bits per heavy atom. The number of carbonyl (C=O) groups excluding carboxylic acids is 1. The maximum Gasteiger partial charge on any atom is 0.188 e. The molecule has 1 aliphatic heterocycles. The fourth-order valence-electron chi connectivity index (χ4n) is 1.74. The number of Topliss-reactive ketones (excluding diaryl/α,β-unsaturated/α-hetero) is 1. The third-order valence-electron chi connectivity index (χ3n) is 2.57. The molecule has 0 aromatic carbocycles. The Kier molecular flexibility index (Phi) is 3.79. The lowest BCUT2D eigenvalue weighted by Gasteiger charge is -2.20. The highest BCUT2D eigenvalue weighted by Crippen LogP contribution is 2.24. The molecule has 3 nitrogen and oxygen atoms in total. The van der Waals surface area contributed by atoms with E-state index in [1.54, 1.807) is 0 Å². The first-order chi connectivity index (χ1) is 7.68. The predicted octanol–water partition coefficient (Wildman–Crippen LogP) is 3.00. The topological polar surface area (TPSA) is 39.2 Å². The van der Waals surface area contributed by atoms with Crippen molar-refractivity contribution in [3.05, 3.63) is 28.0 Å². The van der Waals surface area contributed by atoms with Crippen molar-refractivity contribution in [1.82, 2.24) is 4.98 Å². The number of nitrogens with zero attached hydrogens (tertiary/aromatic N) is 1. The Bertz CT molecular complexity index is 403. The van der Waals surface area contributed by atoms with Gasteiger partial charge in [0, 0.05) is 18.7 Å². The van der Waals surface area contributed by atoms with Crippen LogP contribution in [0.2, 0.25) is 10.0 Å². The van der Waals surface area contributed by atoms with Gasteiger partial charge in [-0.05, 0) is 18.9 Å². The average molecular weight is 260 g/mol. The van der Waals surface area contributed by atoms with Gasteiger partial charge < -0.3 is 4.74 Å². The van der Waals surface area contributed by atoms with Gasteiger partial charge in [0.25, 0.3) is 0 Å². The normalized spacial score (nSPS) is 20.8. The largest absolute Gasteiger partial charge is 0.381 e. The number of rotatable bonds is 2. The number of ketones is 1. The summed E-state index contributed by atoms with van der Waals surface area (Å²) >= 11 is 11.7. The number of ether oxygens (including phenoxy) is 1. The lowest BCUT2D eigenvalue weighted by Crippen LogP contribution is -2.26. The molecule has 0 spiro atoms. The summed E-state index contributed by atoms with van der Waals surface area (Å²) in [6.07, 6.45) is 3.17. The molecule has 1 aromatic heterocycles. The minimum absolute atomic E-state index is 0.0543. The zero-order valence-electron chi connectivity index (χ0n) is 8.58. The smallest absolute Gasteiger partial charge is 0.188 e. The molecule has 0 N–H and O–H groups in total. The first kappa shape index (κ1) is 11.8. The molecule has 1 aromatic rings. The van der Waals surface area contributed by atoms with Crippen LogP contribution in [0.4, 0.5) is 0 Å². The van der Waals surface area contributed by atoms with Crippen molar-refractivity contribution < 1.29 is 9.53 Å². The van der Waals surface area contributed by atoms with Gasteiger partial charge in [-0.1, -0.05) is 23.2 Å². The molecule has 1 unspecified atom stereocenters. The zero-order chi connectivity index (χ0) is 11.5. The van der Waals surface area contributed by atoms with Gasteiger partial charge in [-0.3, -0.25) is 4.79 Å². The Morgan fingerprint density at radius 1 is 1.50 bits per heavy atom. The molecular formula is C11H11Cl2NO2. The molecule has 2 heterocycles. The molecule has 0 aliphatic carbocycles. The Labute approximate surface area is 104 Å². The van der Waals surface area contributed by atoms with Gasteiger partial charge >= 0.3 is 0 Å². The Balaban J connectivity index is 2.19. The van der Waals surface area contributed by atoms with E-state index in [9.17, 15) is 4.79 Å². The van der Waals surface area contributed by atoms with Crippen molar-refractivity contribution in [2.75, 3.05) is 13.2 Å². The van der Waals surface area contributed by atoms with E-state index in [1.807, 2.05) is 0 Å². The molecular weight excluding hydrogens is 249 g/mol. The minimum Gasteiger partial charge on any atom is -0.381 e. The monoisotopic (exact) mass is 259 g/mol. The number of aromatic nitrogens is 1. The van der Waals surface area contributed by atoms with E-state index in [1.165, 1.54) is 12.3 Å². The van der Waals surface area contributed by atoms with Crippen LogP contribution in [0.25, 0.3) is 0 Å². The minimum atomic E-state index is -0.125. The molecule has 1 atom stereocenters. The van der Waals surface area contributed by atoms with Crippen molar-refractivity contribution in [2.45, 2.75) is 12.8 Å². The summed E-state index contributed by atoms with van der Waals surface area (Å²) in [5.41, 5.74) is 0.293. The maximum atomic E-state index is 12.1. The van der Waals surface area contributed by atoms with Crippen LogP contribution in [0, 0.1) is 5.92 Å². The van der Waals surface area contributed by atoms with Crippen molar-refractivity contribution in [3.63, 3.8) is 0 Å². The molecule has 1 aliphatic rings. The highest BCUT2D eigenvalue weighted by Gasteiger charge is 2.25. The molecule has 0 amide bonds. The first-order valence-corrected chi connectivity index (χ1v) is 5.87.